The van der Waals surface area contributed by atoms with E-state index >= 15 is 0 Å². The molecule has 1 rings (SSSR count). The second-order valence-electron chi connectivity index (χ2n) is 3.25. The van der Waals surface area contributed by atoms with Crippen molar-refractivity contribution in [2.24, 2.45) is 0 Å². The van der Waals surface area contributed by atoms with Gasteiger partial charge in [0.2, 0.25) is 0 Å². The molecule has 0 saturated carbocycles. The maximum atomic E-state index is 9.89. The molecule has 0 unspecified atom stereocenters. The lowest BCUT2D eigenvalue weighted by Gasteiger charge is -1.90. The lowest BCUT2D eigenvalue weighted by molar-refractivity contribution is -0.104. The Morgan fingerprint density at radius 1 is 1.07 bits per heavy atom. The van der Waals surface area contributed by atoms with Crippen LogP contribution >= 0.6 is 0 Å². The van der Waals surface area contributed by atoms with Gasteiger partial charge < -0.3 is 4.90 Å². The SMILES string of the molecule is CN(C)C.O=CC=Cc1ccccc1. The van der Waals surface area contributed by atoms with Gasteiger partial charge in [-0.05, 0) is 32.8 Å². The van der Waals surface area contributed by atoms with Gasteiger partial charge in [0.05, 0.1) is 0 Å². The van der Waals surface area contributed by atoms with E-state index in [9.17, 15) is 4.79 Å². The third kappa shape index (κ3) is 8.68. The summed E-state index contributed by atoms with van der Waals surface area (Å²) in [5.74, 6) is 0. The minimum atomic E-state index is 0.771. The molecular formula is C12H17NO. The van der Waals surface area contributed by atoms with Gasteiger partial charge in [0.15, 0.2) is 0 Å². The molecule has 0 amide bonds. The van der Waals surface area contributed by atoms with Crippen molar-refractivity contribution in [3.8, 4) is 0 Å². The van der Waals surface area contributed by atoms with Gasteiger partial charge in [-0.15, -0.1) is 0 Å². The molecule has 2 heteroatoms. The van der Waals surface area contributed by atoms with E-state index in [-0.39, 0.29) is 0 Å². The summed E-state index contributed by atoms with van der Waals surface area (Å²) in [5, 5.41) is 0. The Labute approximate surface area is 85.9 Å². The molecule has 0 radical (unpaired) electrons. The highest BCUT2D eigenvalue weighted by molar-refractivity contribution is 5.73. The normalized spacial score (nSPS) is 9.71. The molecule has 2 nitrogen and oxygen atoms in total. The highest BCUT2D eigenvalue weighted by Crippen LogP contribution is 1.99. The van der Waals surface area contributed by atoms with E-state index in [1.54, 1.807) is 6.08 Å². The van der Waals surface area contributed by atoms with Gasteiger partial charge in [-0.1, -0.05) is 36.4 Å². The Kier molecular flexibility index (Phi) is 7.37. The van der Waals surface area contributed by atoms with E-state index in [1.165, 1.54) is 6.08 Å². The molecule has 0 fully saturated rings. The van der Waals surface area contributed by atoms with Crippen LogP contribution in [0.15, 0.2) is 36.4 Å². The average molecular weight is 191 g/mol. The van der Waals surface area contributed by atoms with E-state index in [0.717, 1.165) is 11.8 Å². The van der Waals surface area contributed by atoms with Crippen molar-refractivity contribution in [2.75, 3.05) is 21.1 Å². The first-order valence-electron chi connectivity index (χ1n) is 4.44. The van der Waals surface area contributed by atoms with E-state index in [2.05, 4.69) is 0 Å². The van der Waals surface area contributed by atoms with Crippen LogP contribution in [0.4, 0.5) is 0 Å². The van der Waals surface area contributed by atoms with Gasteiger partial charge in [0, 0.05) is 0 Å². The first-order valence-corrected chi connectivity index (χ1v) is 4.44. The van der Waals surface area contributed by atoms with Gasteiger partial charge >= 0.3 is 0 Å². The number of carbonyl (C=O) groups is 1. The van der Waals surface area contributed by atoms with Crippen molar-refractivity contribution in [3.63, 3.8) is 0 Å². The molecule has 0 spiro atoms. The van der Waals surface area contributed by atoms with Gasteiger partial charge in [0.1, 0.15) is 6.29 Å². The molecule has 0 atom stereocenters. The maximum absolute atomic E-state index is 9.89. The fraction of sp³-hybridized carbons (Fsp3) is 0.250. The first-order chi connectivity index (χ1) is 6.66. The number of rotatable bonds is 2. The fourth-order valence-corrected chi connectivity index (χ4v) is 0.715. The molecule has 14 heavy (non-hydrogen) atoms. The van der Waals surface area contributed by atoms with Crippen molar-refractivity contribution in [1.82, 2.24) is 4.90 Å². The van der Waals surface area contributed by atoms with Crippen LogP contribution in [0.5, 0.6) is 0 Å². The second-order valence-corrected chi connectivity index (χ2v) is 3.25. The molecule has 0 bridgehead atoms. The van der Waals surface area contributed by atoms with Crippen molar-refractivity contribution < 1.29 is 4.79 Å². The summed E-state index contributed by atoms with van der Waals surface area (Å²) in [7, 11) is 6.00. The van der Waals surface area contributed by atoms with E-state index in [0.29, 0.717) is 0 Å². The first kappa shape index (κ1) is 12.6. The molecule has 0 aliphatic carbocycles. The number of hydrogen-bond acceptors (Lipinski definition) is 2. The molecule has 0 aliphatic heterocycles. The van der Waals surface area contributed by atoms with Crippen molar-refractivity contribution in [3.05, 3.63) is 42.0 Å². The summed E-state index contributed by atoms with van der Waals surface area (Å²) in [6.07, 6.45) is 4.02. The van der Waals surface area contributed by atoms with Gasteiger partial charge in [-0.3, -0.25) is 4.79 Å². The summed E-state index contributed by atoms with van der Waals surface area (Å²) in [6, 6.07) is 9.70. The smallest absolute Gasteiger partial charge is 0.142 e. The van der Waals surface area contributed by atoms with Crippen molar-refractivity contribution in [2.45, 2.75) is 0 Å². The molecule has 0 N–H and O–H groups in total. The maximum Gasteiger partial charge on any atom is 0.142 e. The zero-order valence-electron chi connectivity index (χ0n) is 8.97. The van der Waals surface area contributed by atoms with Gasteiger partial charge in [-0.2, -0.15) is 0 Å². The van der Waals surface area contributed by atoms with Crippen molar-refractivity contribution in [1.29, 1.82) is 0 Å². The van der Waals surface area contributed by atoms with Crippen LogP contribution in [-0.4, -0.2) is 32.3 Å². The van der Waals surface area contributed by atoms with E-state index in [4.69, 9.17) is 0 Å². The Bertz CT molecular complexity index is 262. The summed E-state index contributed by atoms with van der Waals surface area (Å²) >= 11 is 0. The lowest BCUT2D eigenvalue weighted by atomic mass is 10.2. The molecule has 76 valence electrons. The van der Waals surface area contributed by atoms with Crippen molar-refractivity contribution >= 4 is 12.4 Å². The standard InChI is InChI=1S/C9H8O.C3H9N/c10-8-4-7-9-5-2-1-3-6-9;1-4(2)3/h1-8H;1-3H3. The molecule has 1 aromatic rings. The largest absolute Gasteiger partial charge is 0.312 e. The van der Waals surface area contributed by atoms with Crippen LogP contribution in [0.1, 0.15) is 5.56 Å². The predicted octanol–water partition coefficient (Wildman–Crippen LogP) is 2.08. The van der Waals surface area contributed by atoms with Crippen LogP contribution in [0, 0.1) is 0 Å². The quantitative estimate of drug-likeness (QED) is 0.527. The lowest BCUT2D eigenvalue weighted by Crippen LogP contribution is -1.99. The van der Waals surface area contributed by atoms with E-state index in [1.807, 2.05) is 56.4 Å². The summed E-state index contributed by atoms with van der Waals surface area (Å²) < 4.78 is 0. The monoisotopic (exact) mass is 191 g/mol. The number of aldehydes is 1. The van der Waals surface area contributed by atoms with Crippen LogP contribution in [0.2, 0.25) is 0 Å². The Morgan fingerprint density at radius 3 is 2.00 bits per heavy atom. The minimum Gasteiger partial charge on any atom is -0.312 e. The average Bonchev–Trinajstić information content (AvgIpc) is 2.15. The minimum absolute atomic E-state index is 0.771. The number of allylic oxidation sites excluding steroid dienone is 1. The molecular weight excluding hydrogens is 174 g/mol. The molecule has 0 saturated heterocycles. The highest BCUT2D eigenvalue weighted by atomic mass is 16.1. The molecule has 0 heterocycles. The topological polar surface area (TPSA) is 20.3 Å². The Hall–Kier alpha value is -1.41. The van der Waals surface area contributed by atoms with Crippen LogP contribution in [-0.2, 0) is 4.79 Å². The summed E-state index contributed by atoms with van der Waals surface area (Å²) in [4.78, 5) is 11.9. The second kappa shape index (κ2) is 8.20. The Balaban J connectivity index is 0.000000364. The summed E-state index contributed by atoms with van der Waals surface area (Å²) in [6.45, 7) is 0. The zero-order valence-corrected chi connectivity index (χ0v) is 8.97. The fourth-order valence-electron chi connectivity index (χ4n) is 0.715. The molecule has 0 aromatic heterocycles. The predicted molar refractivity (Wildman–Crippen MR) is 61.2 cm³/mol. The third-order valence-electron chi connectivity index (χ3n) is 1.17. The van der Waals surface area contributed by atoms with Crippen LogP contribution < -0.4 is 0 Å². The van der Waals surface area contributed by atoms with Crippen LogP contribution in [0.25, 0.3) is 6.08 Å². The molecule has 0 aliphatic rings. The summed E-state index contributed by atoms with van der Waals surface area (Å²) in [5.41, 5.74) is 1.05. The third-order valence-corrected chi connectivity index (χ3v) is 1.17. The van der Waals surface area contributed by atoms with Gasteiger partial charge in [0.25, 0.3) is 0 Å². The van der Waals surface area contributed by atoms with Gasteiger partial charge in [-0.25, -0.2) is 0 Å². The highest BCUT2D eigenvalue weighted by Gasteiger charge is 1.79. The number of carbonyl (C=O) groups excluding carboxylic acids is 1. The van der Waals surface area contributed by atoms with Crippen LogP contribution in [0.3, 0.4) is 0 Å². The number of benzene rings is 1. The Morgan fingerprint density at radius 2 is 1.57 bits per heavy atom. The molecule has 1 aromatic carbocycles. The van der Waals surface area contributed by atoms with E-state index < -0.39 is 0 Å². The number of hydrogen-bond donors (Lipinski definition) is 0. The zero-order chi connectivity index (χ0) is 10.8. The number of nitrogens with zero attached hydrogens (tertiary/aromatic N) is 1.